The second kappa shape index (κ2) is 5.02. The lowest BCUT2D eigenvalue weighted by atomic mass is 10.00. The Morgan fingerprint density at radius 1 is 1.50 bits per heavy atom. The third kappa shape index (κ3) is 2.45. The van der Waals surface area contributed by atoms with E-state index in [2.05, 4.69) is 34.0 Å². The smallest absolute Gasteiger partial charge is 0.227 e. The number of rotatable bonds is 4. The van der Waals surface area contributed by atoms with E-state index in [4.69, 9.17) is 0 Å². The van der Waals surface area contributed by atoms with Crippen LogP contribution >= 0.6 is 11.3 Å². The van der Waals surface area contributed by atoms with Crippen molar-refractivity contribution >= 4 is 17.2 Å². The zero-order valence-electron chi connectivity index (χ0n) is 10.8. The van der Waals surface area contributed by atoms with Gasteiger partial charge in [0.1, 0.15) is 0 Å². The normalized spacial score (nSPS) is 27.4. The van der Waals surface area contributed by atoms with Gasteiger partial charge in [-0.05, 0) is 55.1 Å². The number of nitrogens with zero attached hydrogens (tertiary/aromatic N) is 1. The van der Waals surface area contributed by atoms with E-state index in [9.17, 15) is 4.79 Å². The van der Waals surface area contributed by atoms with Crippen molar-refractivity contribution in [2.45, 2.75) is 44.8 Å². The van der Waals surface area contributed by atoms with E-state index in [0.717, 1.165) is 19.5 Å². The van der Waals surface area contributed by atoms with Crippen molar-refractivity contribution in [1.82, 2.24) is 10.2 Å². The van der Waals surface area contributed by atoms with Crippen LogP contribution in [-0.4, -0.2) is 29.4 Å². The molecule has 1 amide bonds. The first-order chi connectivity index (χ1) is 8.75. The van der Waals surface area contributed by atoms with E-state index < -0.39 is 0 Å². The summed E-state index contributed by atoms with van der Waals surface area (Å²) in [5.74, 6) is 0.547. The molecule has 3 rings (SSSR count). The summed E-state index contributed by atoms with van der Waals surface area (Å²) in [4.78, 5) is 14.8. The van der Waals surface area contributed by atoms with Crippen molar-refractivity contribution in [3.63, 3.8) is 0 Å². The van der Waals surface area contributed by atoms with Crippen molar-refractivity contribution in [2.75, 3.05) is 6.54 Å². The quantitative estimate of drug-likeness (QED) is 0.904. The van der Waals surface area contributed by atoms with Crippen LogP contribution in [0.3, 0.4) is 0 Å². The van der Waals surface area contributed by atoms with Gasteiger partial charge >= 0.3 is 0 Å². The van der Waals surface area contributed by atoms with Gasteiger partial charge in [0.25, 0.3) is 0 Å². The molecule has 1 aromatic rings. The first-order valence-electron chi connectivity index (χ1n) is 6.80. The highest BCUT2D eigenvalue weighted by molar-refractivity contribution is 7.07. The molecule has 1 saturated carbocycles. The van der Waals surface area contributed by atoms with Gasteiger partial charge in [0.15, 0.2) is 0 Å². The molecule has 0 bridgehead atoms. The summed E-state index contributed by atoms with van der Waals surface area (Å²) in [6.07, 6.45) is 3.36. The number of hydrogen-bond donors (Lipinski definition) is 1. The maximum absolute atomic E-state index is 12.7. The summed E-state index contributed by atoms with van der Waals surface area (Å²) < 4.78 is 0. The molecule has 4 heteroatoms. The predicted octanol–water partition coefficient (Wildman–Crippen LogP) is 2.24. The molecule has 2 aliphatic rings. The van der Waals surface area contributed by atoms with Gasteiger partial charge in [0.2, 0.25) is 5.91 Å². The SMILES string of the molecule is CC1NCCC1C(=O)N(Cc1ccsc1)C1CC1. The van der Waals surface area contributed by atoms with Gasteiger partial charge in [-0.3, -0.25) is 4.79 Å². The van der Waals surface area contributed by atoms with Gasteiger partial charge < -0.3 is 10.2 Å². The fourth-order valence-electron chi connectivity index (χ4n) is 2.76. The fraction of sp³-hybridized carbons (Fsp3) is 0.643. The summed E-state index contributed by atoms with van der Waals surface area (Å²) in [5, 5.41) is 7.62. The number of carbonyl (C=O) groups is 1. The molecule has 2 heterocycles. The van der Waals surface area contributed by atoms with E-state index in [-0.39, 0.29) is 5.92 Å². The molecule has 2 fully saturated rings. The van der Waals surface area contributed by atoms with Crippen molar-refractivity contribution in [1.29, 1.82) is 0 Å². The van der Waals surface area contributed by atoms with Crippen LogP contribution in [0.25, 0.3) is 0 Å². The van der Waals surface area contributed by atoms with E-state index >= 15 is 0 Å². The fourth-order valence-corrected chi connectivity index (χ4v) is 3.42. The maximum atomic E-state index is 12.7. The molecule has 0 aromatic carbocycles. The van der Waals surface area contributed by atoms with Crippen molar-refractivity contribution in [2.24, 2.45) is 5.92 Å². The Bertz CT molecular complexity index is 413. The monoisotopic (exact) mass is 264 g/mol. The van der Waals surface area contributed by atoms with Gasteiger partial charge in [0.05, 0.1) is 5.92 Å². The molecule has 0 spiro atoms. The molecule has 3 nitrogen and oxygen atoms in total. The van der Waals surface area contributed by atoms with Crippen LogP contribution in [0.15, 0.2) is 16.8 Å². The largest absolute Gasteiger partial charge is 0.335 e. The van der Waals surface area contributed by atoms with Crippen LogP contribution in [0.4, 0.5) is 0 Å². The first-order valence-corrected chi connectivity index (χ1v) is 7.75. The van der Waals surface area contributed by atoms with Crippen LogP contribution in [-0.2, 0) is 11.3 Å². The lowest BCUT2D eigenvalue weighted by Gasteiger charge is -2.27. The standard InChI is InChI=1S/C14H20N2OS/c1-10-13(4-6-15-10)14(17)16(12-2-3-12)8-11-5-7-18-9-11/h5,7,9-10,12-13,15H,2-4,6,8H2,1H3. The maximum Gasteiger partial charge on any atom is 0.227 e. The van der Waals surface area contributed by atoms with Gasteiger partial charge in [-0.1, -0.05) is 0 Å². The zero-order valence-corrected chi connectivity index (χ0v) is 11.6. The average molecular weight is 264 g/mol. The summed E-state index contributed by atoms with van der Waals surface area (Å²) in [6.45, 7) is 3.91. The topological polar surface area (TPSA) is 32.3 Å². The highest BCUT2D eigenvalue weighted by Gasteiger charge is 2.39. The van der Waals surface area contributed by atoms with Crippen molar-refractivity contribution < 1.29 is 4.79 Å². The molecule has 0 radical (unpaired) electrons. The van der Waals surface area contributed by atoms with E-state index in [0.29, 0.717) is 18.0 Å². The molecule has 1 aromatic heterocycles. The molecular formula is C14H20N2OS. The molecule has 1 N–H and O–H groups in total. The Kier molecular flexibility index (Phi) is 3.39. The van der Waals surface area contributed by atoms with Crippen LogP contribution in [0.2, 0.25) is 0 Å². The molecule has 2 unspecified atom stereocenters. The zero-order chi connectivity index (χ0) is 12.5. The highest BCUT2D eigenvalue weighted by atomic mass is 32.1. The van der Waals surface area contributed by atoms with Gasteiger partial charge in [-0.25, -0.2) is 0 Å². The third-order valence-corrected chi connectivity index (χ3v) is 4.78. The van der Waals surface area contributed by atoms with E-state index in [1.165, 1.54) is 18.4 Å². The number of thiophene rings is 1. The summed E-state index contributed by atoms with van der Waals surface area (Å²) in [5.41, 5.74) is 1.28. The van der Waals surface area contributed by atoms with Crippen LogP contribution in [0.5, 0.6) is 0 Å². The molecular weight excluding hydrogens is 244 g/mol. The minimum atomic E-state index is 0.184. The lowest BCUT2D eigenvalue weighted by molar-refractivity contribution is -0.136. The highest BCUT2D eigenvalue weighted by Crippen LogP contribution is 2.31. The van der Waals surface area contributed by atoms with Gasteiger partial charge in [0, 0.05) is 18.6 Å². The lowest BCUT2D eigenvalue weighted by Crippen LogP contribution is -2.41. The number of amides is 1. The average Bonchev–Trinajstić information content (AvgIpc) is 2.89. The van der Waals surface area contributed by atoms with Gasteiger partial charge in [-0.15, -0.1) is 0 Å². The molecule has 1 aliphatic carbocycles. The molecule has 18 heavy (non-hydrogen) atoms. The number of carbonyl (C=O) groups excluding carboxylic acids is 1. The summed E-state index contributed by atoms with van der Waals surface area (Å²) in [7, 11) is 0. The summed E-state index contributed by atoms with van der Waals surface area (Å²) in [6, 6.07) is 2.97. The number of hydrogen-bond acceptors (Lipinski definition) is 3. The predicted molar refractivity (Wildman–Crippen MR) is 73.5 cm³/mol. The minimum Gasteiger partial charge on any atom is -0.335 e. The second-order valence-corrected chi connectivity index (χ2v) is 6.25. The Hall–Kier alpha value is -0.870. The van der Waals surface area contributed by atoms with Gasteiger partial charge in [-0.2, -0.15) is 11.3 Å². The van der Waals surface area contributed by atoms with Crippen molar-refractivity contribution in [3.8, 4) is 0 Å². The molecule has 1 saturated heterocycles. The van der Waals surface area contributed by atoms with Crippen LogP contribution in [0, 0.1) is 5.92 Å². The third-order valence-electron chi connectivity index (χ3n) is 4.05. The Morgan fingerprint density at radius 3 is 2.89 bits per heavy atom. The van der Waals surface area contributed by atoms with E-state index in [1.54, 1.807) is 11.3 Å². The molecule has 1 aliphatic heterocycles. The Balaban J connectivity index is 1.71. The van der Waals surface area contributed by atoms with Crippen LogP contribution in [0.1, 0.15) is 31.7 Å². The Labute approximate surface area is 112 Å². The second-order valence-electron chi connectivity index (χ2n) is 5.47. The number of nitrogens with one attached hydrogen (secondary N) is 1. The van der Waals surface area contributed by atoms with Crippen molar-refractivity contribution in [3.05, 3.63) is 22.4 Å². The Morgan fingerprint density at radius 2 is 2.33 bits per heavy atom. The minimum absolute atomic E-state index is 0.184. The van der Waals surface area contributed by atoms with Crippen LogP contribution < -0.4 is 5.32 Å². The summed E-state index contributed by atoms with van der Waals surface area (Å²) >= 11 is 1.71. The van der Waals surface area contributed by atoms with E-state index in [1.807, 2.05) is 0 Å². The molecule has 98 valence electrons. The first kappa shape index (κ1) is 12.2. The molecule has 2 atom stereocenters.